The van der Waals surface area contributed by atoms with E-state index in [0.29, 0.717) is 22.3 Å². The maximum absolute atomic E-state index is 10.7. The zero-order chi connectivity index (χ0) is 14.1. The van der Waals surface area contributed by atoms with Crippen molar-refractivity contribution in [3.05, 3.63) is 33.3 Å². The fourth-order valence-corrected chi connectivity index (χ4v) is 3.73. The first-order valence-corrected chi connectivity index (χ1v) is 8.07. The van der Waals surface area contributed by atoms with Crippen molar-refractivity contribution in [3.63, 3.8) is 0 Å². The van der Waals surface area contributed by atoms with Crippen LogP contribution in [0.15, 0.2) is 25.2 Å². The molecule has 104 valence electrons. The Bertz CT molecular complexity index is 669. The molecule has 1 aliphatic carbocycles. The number of aromatic nitrogens is 2. The lowest BCUT2D eigenvalue weighted by Gasteiger charge is -2.16. The minimum Gasteiger partial charge on any atom is -0.445 e. The predicted octanol–water partition coefficient (Wildman–Crippen LogP) is 3.98. The zero-order valence-corrected chi connectivity index (χ0v) is 13.4. The van der Waals surface area contributed by atoms with Gasteiger partial charge in [-0.1, -0.05) is 0 Å². The quantitative estimate of drug-likeness (QED) is 0.617. The van der Waals surface area contributed by atoms with Crippen molar-refractivity contribution < 1.29 is 9.21 Å². The summed E-state index contributed by atoms with van der Waals surface area (Å²) >= 11 is 4.72. The third-order valence-electron chi connectivity index (χ3n) is 3.34. The summed E-state index contributed by atoms with van der Waals surface area (Å²) in [6, 6.07) is 1.65. The number of rotatable bonds is 3. The molecular weight excluding hydrogens is 340 g/mol. The lowest BCUT2D eigenvalue weighted by molar-refractivity contribution is 0.109. The highest BCUT2D eigenvalue weighted by Gasteiger charge is 2.18. The fourth-order valence-electron chi connectivity index (χ4n) is 2.38. The summed E-state index contributed by atoms with van der Waals surface area (Å²) in [5.74, 6) is 0.300. The van der Waals surface area contributed by atoms with E-state index < -0.39 is 0 Å². The highest BCUT2D eigenvalue weighted by molar-refractivity contribution is 9.10. The number of aryl methyl sites for hydroxylation is 2. The normalized spacial score (nSPS) is 14.1. The van der Waals surface area contributed by atoms with Gasteiger partial charge in [0, 0.05) is 17.5 Å². The molecule has 0 unspecified atom stereocenters. The molecule has 3 rings (SSSR count). The van der Waals surface area contributed by atoms with Crippen LogP contribution in [0.25, 0.3) is 0 Å². The summed E-state index contributed by atoms with van der Waals surface area (Å²) in [6.45, 7) is 2.03. The second kappa shape index (κ2) is 5.69. The highest BCUT2D eigenvalue weighted by Crippen LogP contribution is 2.35. The van der Waals surface area contributed by atoms with Crippen LogP contribution < -0.4 is 0 Å². The number of carbonyl (C=O) groups excluding carboxylic acids is 1. The van der Waals surface area contributed by atoms with E-state index in [0.717, 1.165) is 28.7 Å². The largest absolute Gasteiger partial charge is 0.445 e. The van der Waals surface area contributed by atoms with Crippen molar-refractivity contribution in [2.75, 3.05) is 0 Å². The molecule has 0 saturated carbocycles. The van der Waals surface area contributed by atoms with Crippen LogP contribution in [0.5, 0.6) is 0 Å². The molecule has 0 N–H and O–H groups in total. The predicted molar refractivity (Wildman–Crippen MR) is 79.3 cm³/mol. The van der Waals surface area contributed by atoms with Crippen molar-refractivity contribution >= 4 is 34.0 Å². The maximum atomic E-state index is 10.7. The standard InChI is InChI=1S/C14H13BrN2O2S/c1-8-10-4-2-3-5-12(10)17-14(16-8)20-13-11(15)6-9(7-18)19-13/h6-7H,2-5H2,1H3. The van der Waals surface area contributed by atoms with Crippen LogP contribution >= 0.6 is 27.7 Å². The van der Waals surface area contributed by atoms with Crippen molar-refractivity contribution in [2.45, 2.75) is 42.9 Å². The molecule has 2 heterocycles. The minimum absolute atomic E-state index is 0.300. The Balaban J connectivity index is 1.92. The second-order valence-corrected chi connectivity index (χ2v) is 6.52. The molecule has 4 nitrogen and oxygen atoms in total. The average molecular weight is 353 g/mol. The Morgan fingerprint density at radius 3 is 2.90 bits per heavy atom. The van der Waals surface area contributed by atoms with Crippen molar-refractivity contribution in [1.82, 2.24) is 9.97 Å². The smallest absolute Gasteiger partial charge is 0.195 e. The molecule has 6 heteroatoms. The molecule has 0 aromatic carbocycles. The van der Waals surface area contributed by atoms with Crippen LogP contribution in [0.1, 0.15) is 40.3 Å². The zero-order valence-electron chi connectivity index (χ0n) is 11.0. The maximum Gasteiger partial charge on any atom is 0.195 e. The van der Waals surface area contributed by atoms with Crippen LogP contribution in [0, 0.1) is 6.92 Å². The lowest BCUT2D eigenvalue weighted by Crippen LogP contribution is -2.10. The van der Waals surface area contributed by atoms with Gasteiger partial charge in [0.1, 0.15) is 0 Å². The molecule has 0 spiro atoms. The molecule has 0 atom stereocenters. The van der Waals surface area contributed by atoms with Gasteiger partial charge in [0.25, 0.3) is 0 Å². The van der Waals surface area contributed by atoms with Gasteiger partial charge in [-0.3, -0.25) is 4.79 Å². The van der Waals surface area contributed by atoms with E-state index in [1.54, 1.807) is 6.07 Å². The van der Waals surface area contributed by atoms with Gasteiger partial charge in [0.2, 0.25) is 0 Å². The van der Waals surface area contributed by atoms with Crippen LogP contribution in [-0.2, 0) is 12.8 Å². The molecule has 0 aliphatic heterocycles. The molecule has 1 aliphatic rings. The molecule has 20 heavy (non-hydrogen) atoms. The summed E-state index contributed by atoms with van der Waals surface area (Å²) in [6.07, 6.45) is 5.19. The number of carbonyl (C=O) groups is 1. The summed E-state index contributed by atoms with van der Waals surface area (Å²) in [4.78, 5) is 19.9. The van der Waals surface area contributed by atoms with Crippen molar-refractivity contribution in [2.24, 2.45) is 0 Å². The summed E-state index contributed by atoms with van der Waals surface area (Å²) < 4.78 is 6.17. The van der Waals surface area contributed by atoms with Crippen LogP contribution in [0.2, 0.25) is 0 Å². The van der Waals surface area contributed by atoms with Gasteiger partial charge in [0.15, 0.2) is 22.3 Å². The lowest BCUT2D eigenvalue weighted by atomic mass is 9.95. The number of hydrogen-bond acceptors (Lipinski definition) is 5. The number of fused-ring (bicyclic) bond motifs is 1. The Morgan fingerprint density at radius 1 is 1.35 bits per heavy atom. The van der Waals surface area contributed by atoms with Crippen LogP contribution in [-0.4, -0.2) is 16.3 Å². The molecule has 2 aromatic heterocycles. The van der Waals surface area contributed by atoms with E-state index in [1.807, 2.05) is 6.92 Å². The second-order valence-electron chi connectivity index (χ2n) is 4.73. The topological polar surface area (TPSA) is 56.0 Å². The van der Waals surface area contributed by atoms with E-state index in [2.05, 4.69) is 25.9 Å². The Labute approximate surface area is 129 Å². The van der Waals surface area contributed by atoms with E-state index in [9.17, 15) is 4.79 Å². The summed E-state index contributed by atoms with van der Waals surface area (Å²) in [5.41, 5.74) is 3.51. The molecular formula is C14H13BrN2O2S. The molecule has 2 aromatic rings. The van der Waals surface area contributed by atoms with E-state index in [4.69, 9.17) is 4.42 Å². The van der Waals surface area contributed by atoms with Gasteiger partial charge in [-0.2, -0.15) is 0 Å². The van der Waals surface area contributed by atoms with Crippen LogP contribution in [0.4, 0.5) is 0 Å². The van der Waals surface area contributed by atoms with Gasteiger partial charge in [0.05, 0.1) is 4.47 Å². The minimum atomic E-state index is 0.300. The first-order valence-electron chi connectivity index (χ1n) is 6.46. The van der Waals surface area contributed by atoms with Gasteiger partial charge < -0.3 is 4.42 Å². The molecule has 0 bridgehead atoms. The van der Waals surface area contributed by atoms with Gasteiger partial charge in [-0.15, -0.1) is 0 Å². The number of furan rings is 1. The Morgan fingerprint density at radius 2 is 2.15 bits per heavy atom. The third-order valence-corrected chi connectivity index (χ3v) is 5.05. The number of halogens is 1. The average Bonchev–Trinajstić information content (AvgIpc) is 2.79. The Hall–Kier alpha value is -1.14. The fraction of sp³-hybridized carbons (Fsp3) is 0.357. The van der Waals surface area contributed by atoms with E-state index in [1.165, 1.54) is 30.2 Å². The highest BCUT2D eigenvalue weighted by atomic mass is 79.9. The van der Waals surface area contributed by atoms with Crippen molar-refractivity contribution in [3.8, 4) is 0 Å². The molecule has 0 radical (unpaired) electrons. The number of nitrogens with zero attached hydrogens (tertiary/aromatic N) is 2. The first-order chi connectivity index (χ1) is 9.67. The first kappa shape index (κ1) is 13.8. The Kier molecular flexibility index (Phi) is 3.94. The van der Waals surface area contributed by atoms with Crippen molar-refractivity contribution in [1.29, 1.82) is 0 Å². The number of hydrogen-bond donors (Lipinski definition) is 0. The third kappa shape index (κ3) is 2.67. The monoisotopic (exact) mass is 352 g/mol. The van der Waals surface area contributed by atoms with Gasteiger partial charge >= 0.3 is 0 Å². The van der Waals surface area contributed by atoms with E-state index in [-0.39, 0.29) is 0 Å². The number of aldehydes is 1. The van der Waals surface area contributed by atoms with Gasteiger partial charge in [-0.05, 0) is 65.9 Å². The molecule has 0 amide bonds. The van der Waals surface area contributed by atoms with E-state index >= 15 is 0 Å². The summed E-state index contributed by atoms with van der Waals surface area (Å²) in [7, 11) is 0. The SMILES string of the molecule is Cc1nc(Sc2oc(C=O)cc2Br)nc2c1CCCC2. The summed E-state index contributed by atoms with van der Waals surface area (Å²) in [5, 5.41) is 1.29. The molecule has 0 saturated heterocycles. The van der Waals surface area contributed by atoms with Gasteiger partial charge in [-0.25, -0.2) is 9.97 Å². The van der Waals surface area contributed by atoms with Crippen LogP contribution in [0.3, 0.4) is 0 Å². The molecule has 0 fully saturated rings.